The first-order valence-electron chi connectivity index (χ1n) is 9.98. The SMILES string of the molecule is CNc1ccc(N2N=C3c4ccc(O)cc4CC[C@H]3[C@H]2c2ccc(F)cc2)cc1Cl. The predicted octanol–water partition coefficient (Wildman–Crippen LogP) is 5.75. The van der Waals surface area contributed by atoms with Crippen molar-refractivity contribution in [3.05, 3.63) is 88.2 Å². The lowest BCUT2D eigenvalue weighted by molar-refractivity contribution is 0.472. The number of rotatable bonds is 3. The first-order chi connectivity index (χ1) is 14.5. The summed E-state index contributed by atoms with van der Waals surface area (Å²) in [6, 6.07) is 17.9. The normalized spacial score (nSPS) is 19.8. The van der Waals surface area contributed by atoms with Crippen LogP contribution < -0.4 is 10.3 Å². The molecule has 1 aliphatic carbocycles. The molecule has 0 saturated heterocycles. The van der Waals surface area contributed by atoms with Gasteiger partial charge in [0.2, 0.25) is 0 Å². The number of benzene rings is 3. The molecular formula is C24H21ClFN3O. The lowest BCUT2D eigenvalue weighted by atomic mass is 9.77. The Kier molecular flexibility index (Phi) is 4.63. The highest BCUT2D eigenvalue weighted by Crippen LogP contribution is 2.46. The summed E-state index contributed by atoms with van der Waals surface area (Å²) in [5.41, 5.74) is 5.92. The number of nitrogens with one attached hydrogen (secondary N) is 1. The van der Waals surface area contributed by atoms with E-state index in [0.717, 1.165) is 46.6 Å². The number of aromatic hydroxyl groups is 1. The van der Waals surface area contributed by atoms with E-state index in [-0.39, 0.29) is 23.5 Å². The van der Waals surface area contributed by atoms with E-state index in [1.807, 2.05) is 54.5 Å². The molecule has 1 heterocycles. The Hall–Kier alpha value is -3.05. The molecule has 0 radical (unpaired) electrons. The van der Waals surface area contributed by atoms with Gasteiger partial charge in [-0.25, -0.2) is 4.39 Å². The fraction of sp³-hybridized carbons (Fsp3) is 0.208. The van der Waals surface area contributed by atoms with Crippen LogP contribution in [0, 0.1) is 11.7 Å². The molecule has 0 amide bonds. The molecule has 2 N–H and O–H groups in total. The van der Waals surface area contributed by atoms with E-state index in [4.69, 9.17) is 16.7 Å². The van der Waals surface area contributed by atoms with Crippen LogP contribution in [0.4, 0.5) is 15.8 Å². The topological polar surface area (TPSA) is 47.9 Å². The van der Waals surface area contributed by atoms with Crippen LogP contribution in [0.25, 0.3) is 0 Å². The van der Waals surface area contributed by atoms with Crippen molar-refractivity contribution in [2.75, 3.05) is 17.4 Å². The number of hydrogen-bond acceptors (Lipinski definition) is 4. The number of fused-ring (bicyclic) bond motifs is 3. The van der Waals surface area contributed by atoms with Gasteiger partial charge in [0.15, 0.2) is 0 Å². The lowest BCUT2D eigenvalue weighted by Gasteiger charge is -2.31. The lowest BCUT2D eigenvalue weighted by Crippen LogP contribution is -2.28. The first-order valence-corrected chi connectivity index (χ1v) is 10.4. The van der Waals surface area contributed by atoms with Crippen molar-refractivity contribution in [2.24, 2.45) is 11.0 Å². The third-order valence-electron chi connectivity index (χ3n) is 6.00. The maximum atomic E-state index is 13.6. The molecule has 30 heavy (non-hydrogen) atoms. The zero-order chi connectivity index (χ0) is 20.8. The van der Waals surface area contributed by atoms with Crippen LogP contribution in [0.3, 0.4) is 0 Å². The van der Waals surface area contributed by atoms with Gasteiger partial charge in [-0.15, -0.1) is 0 Å². The Balaban J connectivity index is 1.64. The standard InChI is InChI=1S/C24H21ClFN3O/c1-27-22-11-7-17(13-21(22)25)29-24(14-2-5-16(26)6-3-14)20-9-4-15-12-18(30)8-10-19(15)23(20)28-29/h2-3,5-8,10-13,20,24,27,30H,4,9H2,1H3/t20-,24-/m1/s1. The van der Waals surface area contributed by atoms with Crippen molar-refractivity contribution < 1.29 is 9.50 Å². The van der Waals surface area contributed by atoms with E-state index in [1.165, 1.54) is 12.1 Å². The second-order valence-electron chi connectivity index (χ2n) is 7.73. The smallest absolute Gasteiger partial charge is 0.123 e. The number of aryl methyl sites for hydroxylation is 1. The highest BCUT2D eigenvalue weighted by molar-refractivity contribution is 6.33. The summed E-state index contributed by atoms with van der Waals surface area (Å²) in [6.45, 7) is 0. The first kappa shape index (κ1) is 18.9. The quantitative estimate of drug-likeness (QED) is 0.565. The summed E-state index contributed by atoms with van der Waals surface area (Å²) in [7, 11) is 1.83. The summed E-state index contributed by atoms with van der Waals surface area (Å²) in [5.74, 6) is 0.178. The zero-order valence-corrected chi connectivity index (χ0v) is 17.2. The highest BCUT2D eigenvalue weighted by atomic mass is 35.5. The molecular weight excluding hydrogens is 401 g/mol. The van der Waals surface area contributed by atoms with E-state index in [0.29, 0.717) is 5.02 Å². The van der Waals surface area contributed by atoms with Crippen molar-refractivity contribution >= 4 is 28.7 Å². The molecule has 6 heteroatoms. The van der Waals surface area contributed by atoms with Gasteiger partial charge in [-0.1, -0.05) is 23.7 Å². The van der Waals surface area contributed by atoms with Crippen molar-refractivity contribution in [2.45, 2.75) is 18.9 Å². The van der Waals surface area contributed by atoms with Gasteiger partial charge < -0.3 is 10.4 Å². The van der Waals surface area contributed by atoms with Crippen molar-refractivity contribution in [1.82, 2.24) is 0 Å². The summed E-state index contributed by atoms with van der Waals surface area (Å²) < 4.78 is 13.6. The molecule has 0 spiro atoms. The number of phenols is 1. The van der Waals surface area contributed by atoms with Crippen molar-refractivity contribution in [1.29, 1.82) is 0 Å². The minimum Gasteiger partial charge on any atom is -0.508 e. The van der Waals surface area contributed by atoms with Gasteiger partial charge in [0, 0.05) is 18.5 Å². The van der Waals surface area contributed by atoms with E-state index in [1.54, 1.807) is 6.07 Å². The van der Waals surface area contributed by atoms with E-state index >= 15 is 0 Å². The summed E-state index contributed by atoms with van der Waals surface area (Å²) in [4.78, 5) is 0. The summed E-state index contributed by atoms with van der Waals surface area (Å²) >= 11 is 6.46. The van der Waals surface area contributed by atoms with Gasteiger partial charge >= 0.3 is 0 Å². The minimum absolute atomic E-state index is 0.0564. The van der Waals surface area contributed by atoms with Gasteiger partial charge in [0.25, 0.3) is 0 Å². The molecule has 152 valence electrons. The van der Waals surface area contributed by atoms with E-state index in [9.17, 15) is 9.50 Å². The van der Waals surface area contributed by atoms with Crippen LogP contribution >= 0.6 is 11.6 Å². The second-order valence-corrected chi connectivity index (χ2v) is 8.13. The molecule has 0 bridgehead atoms. The Morgan fingerprint density at radius 1 is 1.10 bits per heavy atom. The second kappa shape index (κ2) is 7.33. The number of anilines is 2. The largest absolute Gasteiger partial charge is 0.508 e. The van der Waals surface area contributed by atoms with Crippen LogP contribution in [0.15, 0.2) is 65.8 Å². The number of hydrazone groups is 1. The molecule has 2 atom stereocenters. The van der Waals surface area contributed by atoms with Gasteiger partial charge in [0.1, 0.15) is 11.6 Å². The Morgan fingerprint density at radius 2 is 1.90 bits per heavy atom. The van der Waals surface area contributed by atoms with Gasteiger partial charge in [-0.3, -0.25) is 5.01 Å². The summed E-state index contributed by atoms with van der Waals surface area (Å²) in [6.07, 6.45) is 1.76. The zero-order valence-electron chi connectivity index (χ0n) is 16.4. The molecule has 2 aliphatic rings. The number of hydrogen-bond donors (Lipinski definition) is 2. The number of nitrogens with zero attached hydrogens (tertiary/aromatic N) is 2. The molecule has 5 rings (SSSR count). The fourth-order valence-electron chi connectivity index (χ4n) is 4.57. The number of phenolic OH excluding ortho intramolecular Hbond substituents is 1. The highest BCUT2D eigenvalue weighted by Gasteiger charge is 2.42. The third-order valence-corrected chi connectivity index (χ3v) is 6.31. The van der Waals surface area contributed by atoms with Gasteiger partial charge in [-0.2, -0.15) is 5.10 Å². The minimum atomic E-state index is -0.254. The third kappa shape index (κ3) is 3.10. The Labute approximate surface area is 179 Å². The fourth-order valence-corrected chi connectivity index (χ4v) is 4.84. The van der Waals surface area contributed by atoms with E-state index in [2.05, 4.69) is 5.32 Å². The molecule has 4 nitrogen and oxygen atoms in total. The van der Waals surface area contributed by atoms with Gasteiger partial charge in [-0.05, 0) is 72.5 Å². The Bertz CT molecular complexity index is 1150. The molecule has 0 aromatic heterocycles. The monoisotopic (exact) mass is 421 g/mol. The van der Waals surface area contributed by atoms with Crippen LogP contribution in [0.2, 0.25) is 5.02 Å². The number of halogens is 2. The van der Waals surface area contributed by atoms with Crippen molar-refractivity contribution in [3.8, 4) is 5.75 Å². The maximum absolute atomic E-state index is 13.6. The van der Waals surface area contributed by atoms with Crippen molar-refractivity contribution in [3.63, 3.8) is 0 Å². The van der Waals surface area contributed by atoms with Crippen LogP contribution in [-0.2, 0) is 6.42 Å². The molecule has 0 fully saturated rings. The molecule has 3 aromatic carbocycles. The predicted molar refractivity (Wildman–Crippen MR) is 119 cm³/mol. The molecule has 1 aliphatic heterocycles. The van der Waals surface area contributed by atoms with Crippen LogP contribution in [0.5, 0.6) is 5.75 Å². The van der Waals surface area contributed by atoms with E-state index < -0.39 is 0 Å². The molecule has 0 saturated carbocycles. The summed E-state index contributed by atoms with van der Waals surface area (Å²) in [5, 5.41) is 20.6. The maximum Gasteiger partial charge on any atom is 0.123 e. The molecule has 0 unspecified atom stereocenters. The average molecular weight is 422 g/mol. The Morgan fingerprint density at radius 3 is 2.63 bits per heavy atom. The average Bonchev–Trinajstić information content (AvgIpc) is 3.14. The van der Waals surface area contributed by atoms with Crippen LogP contribution in [0.1, 0.15) is 29.2 Å². The van der Waals surface area contributed by atoms with Gasteiger partial charge in [0.05, 0.1) is 28.2 Å². The van der Waals surface area contributed by atoms with Crippen LogP contribution in [-0.4, -0.2) is 17.9 Å². The molecule has 3 aromatic rings.